The lowest BCUT2D eigenvalue weighted by molar-refractivity contribution is -0.274. The first-order valence-electron chi connectivity index (χ1n) is 7.00. The van der Waals surface area contributed by atoms with Crippen LogP contribution in [0, 0.1) is 0 Å². The molecule has 0 atom stereocenters. The third-order valence-electron chi connectivity index (χ3n) is 3.17. The van der Waals surface area contributed by atoms with Crippen molar-refractivity contribution in [1.82, 2.24) is 4.98 Å². The van der Waals surface area contributed by atoms with Crippen LogP contribution in [0.1, 0.15) is 6.42 Å². The molecule has 0 aliphatic rings. The van der Waals surface area contributed by atoms with Gasteiger partial charge in [-0.15, -0.1) is 13.2 Å². The predicted octanol–water partition coefficient (Wildman–Crippen LogP) is 1.73. The van der Waals surface area contributed by atoms with Crippen LogP contribution in [-0.4, -0.2) is 38.6 Å². The van der Waals surface area contributed by atoms with Crippen LogP contribution in [0.5, 0.6) is 5.75 Å². The number of nitrogens with one attached hydrogen (secondary N) is 2. The number of methoxy groups -OCH3 is 1. The Labute approximate surface area is 145 Å². The van der Waals surface area contributed by atoms with E-state index in [-0.39, 0.29) is 10.9 Å². The van der Waals surface area contributed by atoms with Gasteiger partial charge in [-0.2, -0.15) is 0 Å². The molecule has 0 aliphatic carbocycles. The number of rotatable bonds is 6. The minimum atomic E-state index is -4.96. The van der Waals surface area contributed by atoms with Crippen molar-refractivity contribution in [3.8, 4) is 5.75 Å². The Morgan fingerprint density at radius 1 is 1.31 bits per heavy atom. The largest absolute Gasteiger partial charge is 0.573 e. The molecule has 0 saturated carbocycles. The standard InChI is InChI=1S/C14H13F3N2O6S/c1-24-11(20)5-6-26(22,23)19-9-7-18-12-8(13(9)21)3-2-4-10(12)25-14(15,16)17/h2-4,7,19H,5-6H2,1H3,(H,18,21). The molecule has 1 aromatic carbocycles. The van der Waals surface area contributed by atoms with Crippen molar-refractivity contribution in [2.75, 3.05) is 17.6 Å². The van der Waals surface area contributed by atoms with Crippen LogP contribution in [-0.2, 0) is 19.6 Å². The van der Waals surface area contributed by atoms with Crippen LogP contribution in [0.2, 0.25) is 0 Å². The highest BCUT2D eigenvalue weighted by molar-refractivity contribution is 7.92. The van der Waals surface area contributed by atoms with Crippen LogP contribution in [0.3, 0.4) is 0 Å². The maximum absolute atomic E-state index is 12.4. The molecule has 2 N–H and O–H groups in total. The number of pyridine rings is 1. The molecule has 0 bridgehead atoms. The van der Waals surface area contributed by atoms with E-state index in [0.717, 1.165) is 25.4 Å². The number of halogens is 3. The molecular formula is C14H13F3N2O6S. The average Bonchev–Trinajstić information content (AvgIpc) is 2.54. The van der Waals surface area contributed by atoms with Gasteiger partial charge in [-0.1, -0.05) is 6.07 Å². The summed E-state index contributed by atoms with van der Waals surface area (Å²) in [5.41, 5.74) is -1.51. The summed E-state index contributed by atoms with van der Waals surface area (Å²) >= 11 is 0. The molecule has 0 saturated heterocycles. The Hall–Kier alpha value is -2.76. The summed E-state index contributed by atoms with van der Waals surface area (Å²) in [6.45, 7) is 0. The van der Waals surface area contributed by atoms with Crippen molar-refractivity contribution in [3.05, 3.63) is 34.6 Å². The lowest BCUT2D eigenvalue weighted by Gasteiger charge is -2.12. The van der Waals surface area contributed by atoms with E-state index in [1.165, 1.54) is 6.07 Å². The molecule has 0 fully saturated rings. The minimum Gasteiger partial charge on any atom is -0.469 e. The van der Waals surface area contributed by atoms with Crippen molar-refractivity contribution in [1.29, 1.82) is 0 Å². The van der Waals surface area contributed by atoms with E-state index in [1.54, 1.807) is 0 Å². The van der Waals surface area contributed by atoms with E-state index < -0.39 is 51.4 Å². The number of sulfonamides is 1. The number of carbonyl (C=O) groups excluding carboxylic acids is 1. The second-order valence-electron chi connectivity index (χ2n) is 5.01. The predicted molar refractivity (Wildman–Crippen MR) is 85.3 cm³/mol. The number of hydrogen-bond acceptors (Lipinski definition) is 6. The summed E-state index contributed by atoms with van der Waals surface area (Å²) in [4.78, 5) is 25.8. The first kappa shape index (κ1) is 19.6. The third kappa shape index (κ3) is 4.88. The fourth-order valence-electron chi connectivity index (χ4n) is 2.05. The normalized spacial score (nSPS) is 12.0. The molecule has 0 radical (unpaired) electrons. The molecule has 0 amide bonds. The summed E-state index contributed by atoms with van der Waals surface area (Å²) in [6, 6.07) is 3.38. The Bertz CT molecular complexity index is 984. The summed E-state index contributed by atoms with van der Waals surface area (Å²) in [7, 11) is -2.96. The molecule has 2 rings (SSSR count). The van der Waals surface area contributed by atoms with E-state index >= 15 is 0 Å². The number of aromatic nitrogens is 1. The quantitative estimate of drug-likeness (QED) is 0.722. The SMILES string of the molecule is COC(=O)CCS(=O)(=O)Nc1c[nH]c2c(OC(F)(F)F)cccc2c1=O. The molecule has 2 aromatic rings. The van der Waals surface area contributed by atoms with Crippen molar-refractivity contribution in [3.63, 3.8) is 0 Å². The smallest absolute Gasteiger partial charge is 0.469 e. The number of fused-ring (bicyclic) bond motifs is 1. The fourth-order valence-corrected chi connectivity index (χ4v) is 3.07. The van der Waals surface area contributed by atoms with Crippen LogP contribution in [0.15, 0.2) is 29.2 Å². The number of anilines is 1. The molecule has 8 nitrogen and oxygen atoms in total. The number of para-hydroxylation sites is 1. The zero-order valence-corrected chi connectivity index (χ0v) is 14.0. The van der Waals surface area contributed by atoms with Crippen molar-refractivity contribution in [2.45, 2.75) is 12.8 Å². The van der Waals surface area contributed by atoms with Gasteiger partial charge in [-0.25, -0.2) is 8.42 Å². The van der Waals surface area contributed by atoms with Gasteiger partial charge >= 0.3 is 12.3 Å². The molecule has 0 unspecified atom stereocenters. The lowest BCUT2D eigenvalue weighted by atomic mass is 10.2. The Morgan fingerprint density at radius 3 is 2.62 bits per heavy atom. The number of aromatic amines is 1. The first-order chi connectivity index (χ1) is 12.0. The summed E-state index contributed by atoms with van der Waals surface area (Å²) < 4.78 is 71.2. The molecule has 142 valence electrons. The van der Waals surface area contributed by atoms with Gasteiger partial charge in [0.2, 0.25) is 15.5 Å². The summed E-state index contributed by atoms with van der Waals surface area (Å²) in [5, 5.41) is -0.208. The molecule has 1 heterocycles. The van der Waals surface area contributed by atoms with Crippen LogP contribution >= 0.6 is 0 Å². The van der Waals surface area contributed by atoms with Gasteiger partial charge in [0.15, 0.2) is 5.75 Å². The number of H-pyrrole nitrogens is 1. The van der Waals surface area contributed by atoms with Crippen molar-refractivity contribution >= 4 is 32.6 Å². The topological polar surface area (TPSA) is 115 Å². The molecular weight excluding hydrogens is 381 g/mol. The maximum Gasteiger partial charge on any atom is 0.573 e. The molecule has 26 heavy (non-hydrogen) atoms. The fraction of sp³-hybridized carbons (Fsp3) is 0.286. The highest BCUT2D eigenvalue weighted by Gasteiger charge is 2.32. The van der Waals surface area contributed by atoms with Crippen LogP contribution in [0.4, 0.5) is 18.9 Å². The third-order valence-corrected chi connectivity index (χ3v) is 4.44. The van der Waals surface area contributed by atoms with E-state index in [2.05, 4.69) is 14.5 Å². The molecule has 0 spiro atoms. The average molecular weight is 394 g/mol. The maximum atomic E-state index is 12.4. The van der Waals surface area contributed by atoms with Gasteiger partial charge < -0.3 is 14.5 Å². The van der Waals surface area contributed by atoms with E-state index in [9.17, 15) is 31.2 Å². The number of ether oxygens (including phenoxy) is 2. The zero-order valence-electron chi connectivity index (χ0n) is 13.2. The van der Waals surface area contributed by atoms with Gasteiger partial charge in [-0.05, 0) is 12.1 Å². The number of benzene rings is 1. The van der Waals surface area contributed by atoms with E-state index in [1.807, 2.05) is 4.72 Å². The second-order valence-corrected chi connectivity index (χ2v) is 6.85. The zero-order chi connectivity index (χ0) is 19.5. The molecule has 0 aliphatic heterocycles. The monoisotopic (exact) mass is 394 g/mol. The summed E-state index contributed by atoms with van der Waals surface area (Å²) in [6.07, 6.45) is -4.48. The lowest BCUT2D eigenvalue weighted by Crippen LogP contribution is -2.23. The van der Waals surface area contributed by atoms with Crippen molar-refractivity contribution < 1.29 is 35.9 Å². The summed E-state index contributed by atoms with van der Waals surface area (Å²) in [5.74, 6) is -2.02. The Balaban J connectivity index is 2.35. The highest BCUT2D eigenvalue weighted by atomic mass is 32.2. The van der Waals surface area contributed by atoms with E-state index in [4.69, 9.17) is 0 Å². The number of hydrogen-bond donors (Lipinski definition) is 2. The Kier molecular flexibility index (Phi) is 5.44. The molecule has 1 aromatic heterocycles. The number of esters is 1. The number of carbonyl (C=O) groups is 1. The minimum absolute atomic E-state index is 0.208. The van der Waals surface area contributed by atoms with Gasteiger partial charge in [0.25, 0.3) is 0 Å². The van der Waals surface area contributed by atoms with Crippen LogP contribution in [0.25, 0.3) is 10.9 Å². The second kappa shape index (κ2) is 7.23. The Morgan fingerprint density at radius 2 is 2.00 bits per heavy atom. The molecule has 12 heteroatoms. The highest BCUT2D eigenvalue weighted by Crippen LogP contribution is 2.28. The van der Waals surface area contributed by atoms with Crippen molar-refractivity contribution in [2.24, 2.45) is 0 Å². The van der Waals surface area contributed by atoms with Gasteiger partial charge in [0, 0.05) is 6.20 Å². The van der Waals surface area contributed by atoms with Gasteiger partial charge in [0.05, 0.1) is 30.2 Å². The van der Waals surface area contributed by atoms with Gasteiger partial charge in [0.1, 0.15) is 5.69 Å². The van der Waals surface area contributed by atoms with Gasteiger partial charge in [-0.3, -0.25) is 14.3 Å². The number of alkyl halides is 3. The van der Waals surface area contributed by atoms with E-state index in [0.29, 0.717) is 0 Å². The van der Waals surface area contributed by atoms with Crippen LogP contribution < -0.4 is 14.9 Å². The first-order valence-corrected chi connectivity index (χ1v) is 8.65.